The molecular weight excluding hydrogens is 288 g/mol. The molecule has 2 N–H and O–H groups in total. The first-order chi connectivity index (χ1) is 11.3. The van der Waals surface area contributed by atoms with Gasteiger partial charge in [0.1, 0.15) is 6.42 Å². The van der Waals surface area contributed by atoms with E-state index in [1.54, 1.807) is 12.3 Å². The van der Waals surface area contributed by atoms with Gasteiger partial charge < -0.3 is 4.98 Å². The first-order valence-corrected chi connectivity index (χ1v) is 7.14. The summed E-state index contributed by atoms with van der Waals surface area (Å²) in [5.41, 5.74) is 6.22. The maximum absolute atomic E-state index is 11.3. The van der Waals surface area contributed by atoms with Crippen LogP contribution in [-0.2, 0) is 4.79 Å². The van der Waals surface area contributed by atoms with E-state index in [-0.39, 0.29) is 6.42 Å². The normalized spacial score (nSPS) is 10.7. The first-order valence-electron chi connectivity index (χ1n) is 7.14. The molecule has 0 radical (unpaired) electrons. The van der Waals surface area contributed by atoms with Crippen LogP contribution in [0.15, 0.2) is 59.7 Å². The van der Waals surface area contributed by atoms with Crippen molar-refractivity contribution in [2.24, 2.45) is 5.10 Å². The lowest BCUT2D eigenvalue weighted by Crippen LogP contribution is -2.16. The molecule has 3 rings (SSSR count). The van der Waals surface area contributed by atoms with E-state index in [0.717, 1.165) is 27.7 Å². The first kappa shape index (κ1) is 14.5. The monoisotopic (exact) mass is 302 g/mol. The number of nitrogens with one attached hydrogen (secondary N) is 2. The topological polar surface area (TPSA) is 81.0 Å². The Balaban J connectivity index is 2.02. The van der Waals surface area contributed by atoms with Crippen LogP contribution >= 0.6 is 0 Å². The van der Waals surface area contributed by atoms with Crippen molar-refractivity contribution in [2.75, 3.05) is 0 Å². The van der Waals surface area contributed by atoms with Crippen LogP contribution in [0, 0.1) is 11.3 Å². The lowest BCUT2D eigenvalue weighted by Gasteiger charge is -2.00. The Morgan fingerprint density at radius 3 is 2.70 bits per heavy atom. The predicted molar refractivity (Wildman–Crippen MR) is 89.7 cm³/mol. The molecule has 0 fully saturated rings. The highest BCUT2D eigenvalue weighted by Gasteiger charge is 2.11. The predicted octanol–water partition coefficient (Wildman–Crippen LogP) is 3.20. The van der Waals surface area contributed by atoms with Gasteiger partial charge in [0.25, 0.3) is 5.91 Å². The molecular formula is C18H14N4O. The minimum atomic E-state index is -0.426. The average molecular weight is 302 g/mol. The number of aromatic nitrogens is 1. The van der Waals surface area contributed by atoms with Crippen LogP contribution in [0.5, 0.6) is 0 Å². The smallest absolute Gasteiger partial charge is 0.254 e. The number of amides is 1. The Morgan fingerprint density at radius 2 is 1.91 bits per heavy atom. The second-order valence-electron chi connectivity index (χ2n) is 4.95. The largest absolute Gasteiger partial charge is 0.354 e. The summed E-state index contributed by atoms with van der Waals surface area (Å²) in [4.78, 5) is 14.7. The molecule has 23 heavy (non-hydrogen) atoms. The summed E-state index contributed by atoms with van der Waals surface area (Å²) in [6.07, 6.45) is 1.40. The lowest BCUT2D eigenvalue weighted by molar-refractivity contribution is -0.120. The van der Waals surface area contributed by atoms with Gasteiger partial charge in [0.2, 0.25) is 0 Å². The molecule has 3 aromatic rings. The maximum atomic E-state index is 11.3. The molecule has 0 saturated carbocycles. The summed E-state index contributed by atoms with van der Waals surface area (Å²) < 4.78 is 0. The van der Waals surface area contributed by atoms with Crippen molar-refractivity contribution in [2.45, 2.75) is 6.42 Å². The van der Waals surface area contributed by atoms with Gasteiger partial charge in [-0.15, -0.1) is 0 Å². The Morgan fingerprint density at radius 1 is 1.17 bits per heavy atom. The van der Waals surface area contributed by atoms with E-state index < -0.39 is 5.91 Å². The van der Waals surface area contributed by atoms with E-state index in [1.165, 1.54) is 0 Å². The number of hydrogen-bond donors (Lipinski definition) is 2. The standard InChI is InChI=1S/C18H14N4O/c19-11-10-17(23)22-20-12-15-14-8-4-5-9-16(14)21-18(15)13-6-2-1-3-7-13/h1-9,12,21H,10H2,(H,22,23)/b20-12-. The van der Waals surface area contributed by atoms with Crippen LogP contribution in [0.2, 0.25) is 0 Å². The van der Waals surface area contributed by atoms with Gasteiger partial charge in [-0.25, -0.2) is 5.43 Å². The second-order valence-corrected chi connectivity index (χ2v) is 4.95. The van der Waals surface area contributed by atoms with Crippen molar-refractivity contribution in [3.8, 4) is 17.3 Å². The minimum Gasteiger partial charge on any atom is -0.354 e. The summed E-state index contributed by atoms with van der Waals surface area (Å²) in [7, 11) is 0. The second kappa shape index (κ2) is 6.58. The molecule has 0 bridgehead atoms. The molecule has 0 saturated heterocycles. The zero-order valence-electron chi connectivity index (χ0n) is 12.3. The molecule has 0 aliphatic rings. The van der Waals surface area contributed by atoms with Crippen LogP contribution < -0.4 is 5.43 Å². The maximum Gasteiger partial charge on any atom is 0.254 e. The molecule has 0 atom stereocenters. The van der Waals surface area contributed by atoms with Crippen LogP contribution in [0.4, 0.5) is 0 Å². The highest BCUT2D eigenvalue weighted by atomic mass is 16.2. The molecule has 1 heterocycles. The molecule has 2 aromatic carbocycles. The van der Waals surface area contributed by atoms with Crippen molar-refractivity contribution in [3.63, 3.8) is 0 Å². The van der Waals surface area contributed by atoms with Gasteiger partial charge in [0, 0.05) is 16.5 Å². The van der Waals surface area contributed by atoms with Gasteiger partial charge in [-0.1, -0.05) is 48.5 Å². The van der Waals surface area contributed by atoms with E-state index in [0.29, 0.717) is 0 Å². The quantitative estimate of drug-likeness (QED) is 0.573. The van der Waals surface area contributed by atoms with E-state index in [2.05, 4.69) is 15.5 Å². The van der Waals surface area contributed by atoms with Crippen molar-refractivity contribution in [3.05, 3.63) is 60.2 Å². The third kappa shape index (κ3) is 3.11. The Bertz CT molecular complexity index is 904. The molecule has 1 amide bonds. The number of nitriles is 1. The van der Waals surface area contributed by atoms with Crippen molar-refractivity contribution in [1.82, 2.24) is 10.4 Å². The number of hydrazone groups is 1. The SMILES string of the molecule is N#CCC(=O)N/N=C\c1c(-c2ccccc2)[nH]c2ccccc12. The fourth-order valence-corrected chi connectivity index (χ4v) is 2.41. The Hall–Kier alpha value is -3.39. The Labute approximate surface area is 133 Å². The fraction of sp³-hybridized carbons (Fsp3) is 0.0556. The summed E-state index contributed by atoms with van der Waals surface area (Å²) in [5.74, 6) is -0.426. The van der Waals surface area contributed by atoms with Crippen molar-refractivity contribution < 1.29 is 4.79 Å². The van der Waals surface area contributed by atoms with Crippen molar-refractivity contribution >= 4 is 23.0 Å². The van der Waals surface area contributed by atoms with E-state index in [9.17, 15) is 4.79 Å². The minimum absolute atomic E-state index is 0.212. The molecule has 0 aliphatic heterocycles. The number of carbonyl (C=O) groups is 1. The number of carbonyl (C=O) groups excluding carboxylic acids is 1. The number of hydrogen-bond acceptors (Lipinski definition) is 3. The molecule has 0 aliphatic carbocycles. The summed E-state index contributed by atoms with van der Waals surface area (Å²) >= 11 is 0. The number of nitrogens with zero attached hydrogens (tertiary/aromatic N) is 2. The zero-order valence-corrected chi connectivity index (χ0v) is 12.3. The van der Waals surface area contributed by atoms with E-state index >= 15 is 0 Å². The number of H-pyrrole nitrogens is 1. The summed E-state index contributed by atoms with van der Waals surface area (Å²) in [5, 5.41) is 13.5. The third-order valence-corrected chi connectivity index (χ3v) is 3.43. The Kier molecular flexibility index (Phi) is 4.16. The van der Waals surface area contributed by atoms with Crippen molar-refractivity contribution in [1.29, 1.82) is 5.26 Å². The molecule has 0 unspecified atom stereocenters. The summed E-state index contributed by atoms with van der Waals surface area (Å²) in [6, 6.07) is 19.6. The van der Waals surface area contributed by atoms with Gasteiger partial charge in [0.15, 0.2) is 0 Å². The third-order valence-electron chi connectivity index (χ3n) is 3.43. The van der Waals surface area contributed by atoms with Crippen LogP contribution in [0.25, 0.3) is 22.2 Å². The average Bonchev–Trinajstić information content (AvgIpc) is 2.95. The van der Waals surface area contributed by atoms with Gasteiger partial charge in [-0.2, -0.15) is 10.4 Å². The number of fused-ring (bicyclic) bond motifs is 1. The number of aromatic amines is 1. The number of benzene rings is 2. The molecule has 5 heteroatoms. The highest BCUT2D eigenvalue weighted by molar-refractivity contribution is 6.06. The lowest BCUT2D eigenvalue weighted by atomic mass is 10.1. The van der Waals surface area contributed by atoms with E-state index in [1.807, 2.05) is 54.6 Å². The van der Waals surface area contributed by atoms with Gasteiger partial charge in [-0.3, -0.25) is 4.79 Å². The van der Waals surface area contributed by atoms with Gasteiger partial charge in [-0.05, 0) is 11.6 Å². The van der Waals surface area contributed by atoms with Crippen LogP contribution in [0.1, 0.15) is 12.0 Å². The number of para-hydroxylation sites is 1. The summed E-state index contributed by atoms with van der Waals surface area (Å²) in [6.45, 7) is 0. The van der Waals surface area contributed by atoms with Crippen LogP contribution in [0.3, 0.4) is 0 Å². The number of rotatable bonds is 4. The van der Waals surface area contributed by atoms with Gasteiger partial charge >= 0.3 is 0 Å². The molecule has 1 aromatic heterocycles. The fourth-order valence-electron chi connectivity index (χ4n) is 2.41. The van der Waals surface area contributed by atoms with Gasteiger partial charge in [0.05, 0.1) is 18.0 Å². The molecule has 112 valence electrons. The molecule has 5 nitrogen and oxygen atoms in total. The van der Waals surface area contributed by atoms with Crippen LogP contribution in [-0.4, -0.2) is 17.1 Å². The highest BCUT2D eigenvalue weighted by Crippen LogP contribution is 2.28. The van der Waals surface area contributed by atoms with E-state index in [4.69, 9.17) is 5.26 Å². The molecule has 0 spiro atoms. The zero-order chi connectivity index (χ0) is 16.1.